The SMILES string of the molecule is N[C@@H](CSC1=C[B]1)C(=O)O. The van der Waals surface area contributed by atoms with Crippen molar-refractivity contribution in [2.45, 2.75) is 6.04 Å². The molecule has 0 saturated carbocycles. The molecular weight excluding hydrogens is 149 g/mol. The van der Waals surface area contributed by atoms with Crippen molar-refractivity contribution >= 4 is 25.0 Å². The monoisotopic (exact) mass is 156 g/mol. The summed E-state index contributed by atoms with van der Waals surface area (Å²) in [6.07, 6.45) is 0. The molecule has 1 aliphatic rings. The van der Waals surface area contributed by atoms with Crippen molar-refractivity contribution in [1.82, 2.24) is 0 Å². The van der Waals surface area contributed by atoms with Gasteiger partial charge in [0.2, 0.25) is 0 Å². The first kappa shape index (κ1) is 7.69. The summed E-state index contributed by atoms with van der Waals surface area (Å²) in [5.41, 5.74) is 5.23. The van der Waals surface area contributed by atoms with E-state index in [1.807, 2.05) is 13.3 Å². The Bertz CT molecular complexity index is 182. The molecule has 0 fully saturated rings. The van der Waals surface area contributed by atoms with Gasteiger partial charge >= 0.3 is 5.97 Å². The van der Waals surface area contributed by atoms with Crippen LogP contribution in [0.25, 0.3) is 0 Å². The van der Waals surface area contributed by atoms with Crippen LogP contribution in [0.3, 0.4) is 0 Å². The molecule has 0 bridgehead atoms. The first-order valence-corrected chi connectivity index (χ1v) is 3.85. The van der Waals surface area contributed by atoms with Crippen LogP contribution in [0, 0.1) is 0 Å². The van der Waals surface area contributed by atoms with Gasteiger partial charge in [-0.25, -0.2) is 0 Å². The number of rotatable bonds is 4. The summed E-state index contributed by atoms with van der Waals surface area (Å²) in [4.78, 5) is 11.3. The van der Waals surface area contributed by atoms with Crippen LogP contribution in [0.15, 0.2) is 10.8 Å². The number of hydrogen-bond acceptors (Lipinski definition) is 3. The van der Waals surface area contributed by atoms with E-state index >= 15 is 0 Å². The minimum absolute atomic E-state index is 0.456. The number of carboxylic acid groups (broad SMARTS) is 1. The molecule has 1 rings (SSSR count). The maximum Gasteiger partial charge on any atom is 0.321 e. The molecule has 5 heteroatoms. The standard InChI is InChI=1S/C5H7BNO2S/c7-3(5(8)9)2-10-4-1-6-4/h1,3H,2,7H2,(H,8,9)/t3-/m0/s1. The fourth-order valence-corrected chi connectivity index (χ4v) is 1.16. The van der Waals surface area contributed by atoms with E-state index in [9.17, 15) is 4.79 Å². The van der Waals surface area contributed by atoms with Crippen LogP contribution in [-0.4, -0.2) is 30.2 Å². The molecule has 1 atom stereocenters. The minimum atomic E-state index is -0.936. The predicted molar refractivity (Wildman–Crippen MR) is 41.9 cm³/mol. The molecule has 1 heterocycles. The number of aliphatic carboxylic acids is 1. The fourth-order valence-electron chi connectivity index (χ4n) is 0.388. The van der Waals surface area contributed by atoms with Gasteiger partial charge in [-0.3, -0.25) is 4.79 Å². The van der Waals surface area contributed by atoms with Crippen molar-refractivity contribution in [3.63, 3.8) is 0 Å². The molecule has 53 valence electrons. The maximum absolute atomic E-state index is 10.2. The van der Waals surface area contributed by atoms with Crippen LogP contribution in [-0.2, 0) is 4.79 Å². The summed E-state index contributed by atoms with van der Waals surface area (Å²) in [5, 5.41) is 8.35. The number of nitrogens with two attached hydrogens (primary N) is 1. The Morgan fingerprint density at radius 3 is 3.00 bits per heavy atom. The Balaban J connectivity index is 2.11. The second-order valence-corrected chi connectivity index (χ2v) is 3.08. The van der Waals surface area contributed by atoms with Crippen molar-refractivity contribution in [2.24, 2.45) is 5.73 Å². The zero-order valence-corrected chi connectivity index (χ0v) is 6.10. The smallest absolute Gasteiger partial charge is 0.321 e. The normalized spacial score (nSPS) is 17.1. The highest BCUT2D eigenvalue weighted by Crippen LogP contribution is 2.23. The highest BCUT2D eigenvalue weighted by molar-refractivity contribution is 8.05. The predicted octanol–water partition coefficient (Wildman–Crippen LogP) is -0.352. The summed E-state index contributed by atoms with van der Waals surface area (Å²) in [6, 6.07) is -0.736. The Kier molecular flexibility index (Phi) is 2.40. The van der Waals surface area contributed by atoms with E-state index < -0.39 is 12.0 Å². The molecule has 0 aromatic carbocycles. The molecule has 0 unspecified atom stereocenters. The highest BCUT2D eigenvalue weighted by Gasteiger charge is 2.15. The van der Waals surface area contributed by atoms with Gasteiger partial charge in [-0.1, -0.05) is 4.80 Å². The van der Waals surface area contributed by atoms with E-state index in [1.165, 1.54) is 11.8 Å². The van der Waals surface area contributed by atoms with E-state index in [1.54, 1.807) is 0 Å². The summed E-state index contributed by atoms with van der Waals surface area (Å²) < 4.78 is 0. The number of thioether (sulfide) groups is 1. The molecule has 0 spiro atoms. The van der Waals surface area contributed by atoms with Crippen molar-refractivity contribution in [1.29, 1.82) is 0 Å². The summed E-state index contributed by atoms with van der Waals surface area (Å²) >= 11 is 1.48. The van der Waals surface area contributed by atoms with Crippen LogP contribution in [0.4, 0.5) is 0 Å². The molecule has 3 N–H and O–H groups in total. The average Bonchev–Trinajstić information content (AvgIpc) is 2.64. The molecule has 3 nitrogen and oxygen atoms in total. The lowest BCUT2D eigenvalue weighted by Crippen LogP contribution is -2.32. The zero-order chi connectivity index (χ0) is 7.56. The number of carboxylic acids is 1. The lowest BCUT2D eigenvalue weighted by Gasteiger charge is -2.02. The summed E-state index contributed by atoms with van der Waals surface area (Å²) in [7, 11) is 1.93. The summed E-state index contributed by atoms with van der Waals surface area (Å²) in [6.45, 7) is 0. The molecule has 0 aromatic heterocycles. The van der Waals surface area contributed by atoms with Gasteiger partial charge in [-0.15, -0.1) is 17.7 Å². The Morgan fingerprint density at radius 2 is 2.60 bits per heavy atom. The van der Waals surface area contributed by atoms with Gasteiger partial charge in [0.05, 0.1) is 0 Å². The molecule has 0 amide bonds. The van der Waals surface area contributed by atoms with Crippen molar-refractivity contribution in [3.05, 3.63) is 10.8 Å². The van der Waals surface area contributed by atoms with Crippen LogP contribution < -0.4 is 5.73 Å². The minimum Gasteiger partial charge on any atom is -0.480 e. The van der Waals surface area contributed by atoms with Crippen molar-refractivity contribution in [3.8, 4) is 0 Å². The third-order valence-electron chi connectivity index (χ3n) is 1.05. The molecule has 0 aliphatic carbocycles. The van der Waals surface area contributed by atoms with E-state index in [2.05, 4.69) is 0 Å². The van der Waals surface area contributed by atoms with Crippen LogP contribution in [0.2, 0.25) is 0 Å². The molecule has 0 aromatic rings. The van der Waals surface area contributed by atoms with Gasteiger partial charge in [-0.2, -0.15) is 0 Å². The molecule has 1 radical (unpaired) electrons. The third kappa shape index (κ3) is 2.45. The van der Waals surface area contributed by atoms with Gasteiger partial charge in [0.15, 0.2) is 7.28 Å². The third-order valence-corrected chi connectivity index (χ3v) is 2.18. The largest absolute Gasteiger partial charge is 0.480 e. The lowest BCUT2D eigenvalue weighted by molar-refractivity contribution is -0.137. The van der Waals surface area contributed by atoms with Gasteiger partial charge in [0.1, 0.15) is 6.04 Å². The second-order valence-electron chi connectivity index (χ2n) is 1.99. The average molecular weight is 156 g/mol. The highest BCUT2D eigenvalue weighted by atomic mass is 32.2. The molecule has 10 heavy (non-hydrogen) atoms. The molecule has 0 saturated heterocycles. The Labute approximate surface area is 63.9 Å². The quantitative estimate of drug-likeness (QED) is 0.546. The Morgan fingerprint density at radius 1 is 2.00 bits per heavy atom. The van der Waals surface area contributed by atoms with Crippen molar-refractivity contribution < 1.29 is 9.90 Å². The number of carbonyl (C=O) groups is 1. The maximum atomic E-state index is 10.2. The van der Waals surface area contributed by atoms with Gasteiger partial charge < -0.3 is 10.8 Å². The van der Waals surface area contributed by atoms with E-state index in [4.69, 9.17) is 10.8 Å². The zero-order valence-electron chi connectivity index (χ0n) is 5.28. The van der Waals surface area contributed by atoms with Gasteiger partial charge in [0, 0.05) is 5.75 Å². The van der Waals surface area contributed by atoms with Gasteiger partial charge in [0.25, 0.3) is 0 Å². The number of hydrogen-bond donors (Lipinski definition) is 2. The molecular formula is C5H7BNO2S. The van der Waals surface area contributed by atoms with Crippen LogP contribution in [0.1, 0.15) is 0 Å². The van der Waals surface area contributed by atoms with Crippen LogP contribution in [0.5, 0.6) is 0 Å². The first-order valence-electron chi connectivity index (χ1n) is 2.86. The Hall–Kier alpha value is -0.415. The van der Waals surface area contributed by atoms with E-state index in [-0.39, 0.29) is 0 Å². The van der Waals surface area contributed by atoms with E-state index in [0.29, 0.717) is 5.75 Å². The van der Waals surface area contributed by atoms with Gasteiger partial charge in [-0.05, 0) is 0 Å². The van der Waals surface area contributed by atoms with Crippen LogP contribution >= 0.6 is 11.8 Å². The second kappa shape index (κ2) is 3.12. The topological polar surface area (TPSA) is 63.3 Å². The molecule has 1 aliphatic heterocycles. The fraction of sp³-hybridized carbons (Fsp3) is 0.400. The first-order chi connectivity index (χ1) is 4.70. The van der Waals surface area contributed by atoms with Crippen molar-refractivity contribution in [2.75, 3.05) is 5.75 Å². The van der Waals surface area contributed by atoms with E-state index in [0.717, 1.165) is 4.80 Å². The lowest BCUT2D eigenvalue weighted by atomic mass is 10.1. The summed E-state index contributed by atoms with van der Waals surface area (Å²) in [5.74, 6) is 1.45.